The van der Waals surface area contributed by atoms with Crippen molar-refractivity contribution in [3.8, 4) is 0 Å². The van der Waals surface area contributed by atoms with Gasteiger partial charge >= 0.3 is 6.03 Å². The van der Waals surface area contributed by atoms with E-state index in [4.69, 9.17) is 0 Å². The van der Waals surface area contributed by atoms with Crippen LogP contribution in [0, 0.1) is 0 Å². The zero-order valence-corrected chi connectivity index (χ0v) is 9.36. The van der Waals surface area contributed by atoms with Gasteiger partial charge < -0.3 is 10.1 Å². The Morgan fingerprint density at radius 2 is 2.19 bits per heavy atom. The lowest BCUT2D eigenvalue weighted by Crippen LogP contribution is -2.48. The van der Waals surface area contributed by atoms with Crippen LogP contribution in [-0.2, 0) is 9.59 Å². The van der Waals surface area contributed by atoms with E-state index in [0.29, 0.717) is 0 Å². The number of aldehydes is 1. The SMILES string of the molecule is CNC(=O)NC(=O)CN1CCCCC1C=O. The third-order valence-corrected chi connectivity index (χ3v) is 2.65. The summed E-state index contributed by atoms with van der Waals surface area (Å²) in [5, 5.41) is 4.47. The number of carbonyl (C=O) groups is 3. The maximum atomic E-state index is 11.4. The molecule has 1 atom stereocenters. The van der Waals surface area contributed by atoms with Crippen molar-refractivity contribution in [1.82, 2.24) is 15.5 Å². The highest BCUT2D eigenvalue weighted by molar-refractivity contribution is 5.95. The van der Waals surface area contributed by atoms with Gasteiger partial charge in [-0.25, -0.2) is 4.79 Å². The molecule has 0 radical (unpaired) electrons. The van der Waals surface area contributed by atoms with Crippen molar-refractivity contribution in [3.05, 3.63) is 0 Å². The van der Waals surface area contributed by atoms with E-state index in [0.717, 1.165) is 32.1 Å². The number of likely N-dealkylation sites (tertiary alicyclic amines) is 1. The predicted octanol–water partition coefficient (Wildman–Crippen LogP) is -0.505. The van der Waals surface area contributed by atoms with Crippen LogP contribution in [0.3, 0.4) is 0 Å². The first-order valence-corrected chi connectivity index (χ1v) is 5.38. The fraction of sp³-hybridized carbons (Fsp3) is 0.700. The van der Waals surface area contributed by atoms with Crippen LogP contribution in [0.2, 0.25) is 0 Å². The summed E-state index contributed by atoms with van der Waals surface area (Å²) in [6.45, 7) is 0.821. The van der Waals surface area contributed by atoms with Gasteiger partial charge in [-0.3, -0.25) is 15.0 Å². The summed E-state index contributed by atoms with van der Waals surface area (Å²) in [6.07, 6.45) is 3.65. The van der Waals surface area contributed by atoms with Gasteiger partial charge in [-0.05, 0) is 19.4 Å². The third kappa shape index (κ3) is 3.62. The van der Waals surface area contributed by atoms with Crippen molar-refractivity contribution in [2.24, 2.45) is 0 Å². The predicted molar refractivity (Wildman–Crippen MR) is 57.9 cm³/mol. The van der Waals surface area contributed by atoms with E-state index in [1.54, 1.807) is 4.90 Å². The second-order valence-corrected chi connectivity index (χ2v) is 3.80. The molecule has 90 valence electrons. The molecule has 0 bridgehead atoms. The largest absolute Gasteiger partial charge is 0.341 e. The van der Waals surface area contributed by atoms with Crippen molar-refractivity contribution in [1.29, 1.82) is 0 Å². The van der Waals surface area contributed by atoms with Crippen LogP contribution in [0.1, 0.15) is 19.3 Å². The Bertz CT molecular complexity index is 280. The lowest BCUT2D eigenvalue weighted by atomic mass is 10.0. The number of piperidine rings is 1. The highest BCUT2D eigenvalue weighted by Gasteiger charge is 2.23. The Labute approximate surface area is 94.4 Å². The molecule has 0 aliphatic carbocycles. The molecule has 16 heavy (non-hydrogen) atoms. The molecule has 6 heteroatoms. The second kappa shape index (κ2) is 6.22. The summed E-state index contributed by atoms with van der Waals surface area (Å²) in [6, 6.07) is -0.714. The third-order valence-electron chi connectivity index (χ3n) is 2.65. The van der Waals surface area contributed by atoms with Crippen molar-refractivity contribution in [2.45, 2.75) is 25.3 Å². The first-order chi connectivity index (χ1) is 7.67. The number of carbonyl (C=O) groups excluding carboxylic acids is 3. The van der Waals surface area contributed by atoms with E-state index in [-0.39, 0.29) is 18.5 Å². The number of hydrogen-bond acceptors (Lipinski definition) is 4. The van der Waals surface area contributed by atoms with Crippen molar-refractivity contribution >= 4 is 18.2 Å². The van der Waals surface area contributed by atoms with E-state index in [2.05, 4.69) is 10.6 Å². The Morgan fingerprint density at radius 3 is 2.81 bits per heavy atom. The molecule has 1 aliphatic heterocycles. The first kappa shape index (κ1) is 12.6. The average molecular weight is 227 g/mol. The Hall–Kier alpha value is -1.43. The first-order valence-electron chi connectivity index (χ1n) is 5.38. The monoisotopic (exact) mass is 227 g/mol. The van der Waals surface area contributed by atoms with Gasteiger partial charge in [-0.1, -0.05) is 6.42 Å². The number of nitrogens with zero attached hydrogens (tertiary/aromatic N) is 1. The zero-order chi connectivity index (χ0) is 12.0. The van der Waals surface area contributed by atoms with Gasteiger partial charge in [0.25, 0.3) is 0 Å². The van der Waals surface area contributed by atoms with E-state index in [1.165, 1.54) is 7.05 Å². The molecule has 0 spiro atoms. The molecular formula is C10H17N3O3. The van der Waals surface area contributed by atoms with Gasteiger partial charge in [0, 0.05) is 7.05 Å². The van der Waals surface area contributed by atoms with Gasteiger partial charge in [0.2, 0.25) is 5.91 Å². The fourth-order valence-electron chi connectivity index (χ4n) is 1.78. The van der Waals surface area contributed by atoms with Crippen LogP contribution in [-0.4, -0.2) is 49.3 Å². The van der Waals surface area contributed by atoms with Gasteiger partial charge in [-0.2, -0.15) is 0 Å². The average Bonchev–Trinajstić information content (AvgIpc) is 2.29. The van der Waals surface area contributed by atoms with Gasteiger partial charge in [0.1, 0.15) is 6.29 Å². The molecule has 0 aromatic heterocycles. The van der Waals surface area contributed by atoms with Crippen LogP contribution >= 0.6 is 0 Å². The molecular weight excluding hydrogens is 210 g/mol. The molecule has 6 nitrogen and oxygen atoms in total. The van der Waals surface area contributed by atoms with Crippen molar-refractivity contribution < 1.29 is 14.4 Å². The summed E-state index contributed by atoms with van der Waals surface area (Å²) in [5.41, 5.74) is 0. The molecule has 3 amide bonds. The number of amides is 3. The molecule has 0 aromatic rings. The minimum absolute atomic E-state index is 0.0941. The zero-order valence-electron chi connectivity index (χ0n) is 9.36. The number of urea groups is 1. The highest BCUT2D eigenvalue weighted by atomic mass is 16.2. The summed E-state index contributed by atoms with van der Waals surface area (Å²) < 4.78 is 0. The molecule has 1 unspecified atom stereocenters. The topological polar surface area (TPSA) is 78.5 Å². The molecule has 0 saturated carbocycles. The molecule has 1 heterocycles. The highest BCUT2D eigenvalue weighted by Crippen LogP contribution is 2.14. The minimum Gasteiger partial charge on any atom is -0.341 e. The van der Waals surface area contributed by atoms with Crippen LogP contribution in [0.15, 0.2) is 0 Å². The molecule has 2 N–H and O–H groups in total. The van der Waals surface area contributed by atoms with Crippen molar-refractivity contribution in [3.63, 3.8) is 0 Å². The normalized spacial score (nSPS) is 21.2. The summed E-state index contributed by atoms with van der Waals surface area (Å²) in [7, 11) is 1.44. The Kier molecular flexibility index (Phi) is 4.91. The molecule has 1 aliphatic rings. The van der Waals surface area contributed by atoms with Crippen LogP contribution < -0.4 is 10.6 Å². The summed E-state index contributed by atoms with van der Waals surface area (Å²) >= 11 is 0. The van der Waals surface area contributed by atoms with E-state index < -0.39 is 6.03 Å². The van der Waals surface area contributed by atoms with E-state index in [9.17, 15) is 14.4 Å². The van der Waals surface area contributed by atoms with Gasteiger partial charge in [-0.15, -0.1) is 0 Å². The lowest BCUT2D eigenvalue weighted by Gasteiger charge is -2.31. The molecule has 1 rings (SSSR count). The van der Waals surface area contributed by atoms with Crippen LogP contribution in [0.25, 0.3) is 0 Å². The quantitative estimate of drug-likeness (QED) is 0.637. The van der Waals surface area contributed by atoms with Gasteiger partial charge in [0.05, 0.1) is 12.6 Å². The number of rotatable bonds is 3. The van der Waals surface area contributed by atoms with E-state index >= 15 is 0 Å². The standard InChI is InChI=1S/C10H17N3O3/c1-11-10(16)12-9(15)6-13-5-3-2-4-8(13)7-14/h7-8H,2-6H2,1H3,(H2,11,12,15,16). The Balaban J connectivity index is 2.42. The van der Waals surface area contributed by atoms with Crippen LogP contribution in [0.5, 0.6) is 0 Å². The van der Waals surface area contributed by atoms with Crippen LogP contribution in [0.4, 0.5) is 4.79 Å². The second-order valence-electron chi connectivity index (χ2n) is 3.80. The van der Waals surface area contributed by atoms with Gasteiger partial charge in [0.15, 0.2) is 0 Å². The Morgan fingerprint density at radius 1 is 1.44 bits per heavy atom. The fourth-order valence-corrected chi connectivity index (χ4v) is 1.78. The summed E-state index contributed by atoms with van der Waals surface area (Å²) in [4.78, 5) is 34.9. The minimum atomic E-state index is -0.523. The number of nitrogens with one attached hydrogen (secondary N) is 2. The van der Waals surface area contributed by atoms with Crippen molar-refractivity contribution in [2.75, 3.05) is 20.1 Å². The maximum absolute atomic E-state index is 11.4. The lowest BCUT2D eigenvalue weighted by molar-refractivity contribution is -0.123. The number of hydrogen-bond donors (Lipinski definition) is 2. The smallest absolute Gasteiger partial charge is 0.321 e. The maximum Gasteiger partial charge on any atom is 0.321 e. The summed E-state index contributed by atoms with van der Waals surface area (Å²) in [5.74, 6) is -0.381. The number of imide groups is 1. The van der Waals surface area contributed by atoms with E-state index in [1.807, 2.05) is 0 Å². The molecule has 1 saturated heterocycles. The molecule has 1 fully saturated rings. The molecule has 0 aromatic carbocycles.